The van der Waals surface area contributed by atoms with Crippen LogP contribution < -0.4 is 0 Å². The number of nitrogens with one attached hydrogen (secondary N) is 1. The molecule has 1 N–H and O–H groups in total. The zero-order chi connectivity index (χ0) is 13.4. The molecule has 1 aromatic carbocycles. The van der Waals surface area contributed by atoms with Gasteiger partial charge in [-0.1, -0.05) is 37.0 Å². The number of hydrogen-bond acceptors (Lipinski definition) is 2. The molecule has 0 aliphatic rings. The van der Waals surface area contributed by atoms with Crippen LogP contribution in [0.4, 0.5) is 0 Å². The van der Waals surface area contributed by atoms with E-state index in [1.165, 1.54) is 0 Å². The van der Waals surface area contributed by atoms with Gasteiger partial charge in [-0.2, -0.15) is 5.10 Å². The number of rotatable bonds is 2. The Morgan fingerprint density at radius 3 is 2.61 bits per heavy atom. The van der Waals surface area contributed by atoms with E-state index in [2.05, 4.69) is 26.1 Å². The highest BCUT2D eigenvalue weighted by Crippen LogP contribution is 2.35. The van der Waals surface area contributed by atoms with E-state index >= 15 is 0 Å². The van der Waals surface area contributed by atoms with Crippen LogP contribution in [0.15, 0.2) is 16.6 Å². The molecular weight excluding hydrogens is 357 g/mol. The number of benzene rings is 1. The van der Waals surface area contributed by atoms with E-state index in [4.69, 9.17) is 35.4 Å². The first-order valence-electron chi connectivity index (χ1n) is 5.24. The van der Waals surface area contributed by atoms with Crippen molar-refractivity contribution in [2.45, 2.75) is 19.8 Å². The minimum Gasteiger partial charge on any atom is -0.270 e. The van der Waals surface area contributed by atoms with Crippen LogP contribution in [0, 0.1) is 4.77 Å². The second-order valence-corrected chi connectivity index (χ2v) is 6.07. The fraction of sp³-hybridized carbons (Fsp3) is 0.273. The third kappa shape index (κ3) is 2.37. The zero-order valence-electron chi connectivity index (χ0n) is 9.67. The van der Waals surface area contributed by atoms with Crippen molar-refractivity contribution in [3.63, 3.8) is 0 Å². The molecule has 96 valence electrons. The molecule has 0 atom stereocenters. The Bertz CT molecular complexity index is 648. The number of halogens is 3. The van der Waals surface area contributed by atoms with Crippen LogP contribution in [-0.4, -0.2) is 14.8 Å². The number of nitrogens with zero attached hydrogens (tertiary/aromatic N) is 2. The molecule has 0 fully saturated rings. The van der Waals surface area contributed by atoms with Crippen LogP contribution in [0.5, 0.6) is 0 Å². The minimum absolute atomic E-state index is 0.219. The predicted octanol–water partition coefficient (Wildman–Crippen LogP) is 5.12. The van der Waals surface area contributed by atoms with Crippen molar-refractivity contribution in [3.8, 4) is 5.69 Å². The van der Waals surface area contributed by atoms with Gasteiger partial charge in [0.2, 0.25) is 0 Å². The molecule has 1 aromatic heterocycles. The molecule has 0 amide bonds. The summed E-state index contributed by atoms with van der Waals surface area (Å²) in [5, 5.41) is 7.91. The van der Waals surface area contributed by atoms with Crippen molar-refractivity contribution in [2.24, 2.45) is 0 Å². The Kier molecular flexibility index (Phi) is 4.16. The first-order valence-corrected chi connectivity index (χ1v) is 7.20. The molecular formula is C11H10BrCl2N3S. The summed E-state index contributed by atoms with van der Waals surface area (Å²) in [7, 11) is 0. The lowest BCUT2D eigenvalue weighted by Crippen LogP contribution is -2.04. The summed E-state index contributed by atoms with van der Waals surface area (Å²) >= 11 is 21.0. The maximum atomic E-state index is 6.27. The number of H-pyrrole nitrogens is 1. The number of hydrogen-bond donors (Lipinski definition) is 1. The van der Waals surface area contributed by atoms with Crippen LogP contribution in [0.25, 0.3) is 5.69 Å². The smallest absolute Gasteiger partial charge is 0.199 e. The summed E-state index contributed by atoms with van der Waals surface area (Å²) in [5.41, 5.74) is 0.729. The highest BCUT2D eigenvalue weighted by molar-refractivity contribution is 9.10. The number of aromatic nitrogens is 3. The molecule has 2 aromatic rings. The monoisotopic (exact) mass is 365 g/mol. The Balaban J connectivity index is 2.74. The van der Waals surface area contributed by atoms with E-state index in [1.54, 1.807) is 4.57 Å². The predicted molar refractivity (Wildman–Crippen MR) is 80.6 cm³/mol. The highest BCUT2D eigenvalue weighted by atomic mass is 79.9. The van der Waals surface area contributed by atoms with Gasteiger partial charge in [0, 0.05) is 10.4 Å². The zero-order valence-corrected chi connectivity index (χ0v) is 13.6. The Labute approximate surface area is 128 Å². The van der Waals surface area contributed by atoms with Crippen LogP contribution >= 0.6 is 51.3 Å². The maximum Gasteiger partial charge on any atom is 0.199 e. The summed E-state index contributed by atoms with van der Waals surface area (Å²) in [5.74, 6) is 1.04. The van der Waals surface area contributed by atoms with Crippen molar-refractivity contribution in [1.29, 1.82) is 0 Å². The van der Waals surface area contributed by atoms with Gasteiger partial charge in [0.05, 0.1) is 15.7 Å². The fourth-order valence-corrected chi connectivity index (χ4v) is 2.71. The van der Waals surface area contributed by atoms with Gasteiger partial charge in [0.25, 0.3) is 0 Å². The largest absolute Gasteiger partial charge is 0.270 e. The summed E-state index contributed by atoms with van der Waals surface area (Å²) in [6, 6.07) is 3.69. The van der Waals surface area contributed by atoms with Gasteiger partial charge >= 0.3 is 0 Å². The average molecular weight is 367 g/mol. The quantitative estimate of drug-likeness (QED) is 0.590. The van der Waals surface area contributed by atoms with E-state index in [0.717, 1.165) is 16.0 Å². The molecule has 7 heteroatoms. The third-order valence-electron chi connectivity index (χ3n) is 2.47. The summed E-state index contributed by atoms with van der Waals surface area (Å²) in [6.07, 6.45) is 0. The Morgan fingerprint density at radius 1 is 1.33 bits per heavy atom. The molecule has 0 saturated carbocycles. The average Bonchev–Trinajstić information content (AvgIpc) is 2.69. The highest BCUT2D eigenvalue weighted by Gasteiger charge is 2.16. The van der Waals surface area contributed by atoms with Crippen molar-refractivity contribution >= 4 is 51.3 Å². The first kappa shape index (κ1) is 14.1. The molecule has 0 unspecified atom stereocenters. The van der Waals surface area contributed by atoms with Gasteiger partial charge in [-0.05, 0) is 40.3 Å². The van der Waals surface area contributed by atoms with Crippen molar-refractivity contribution < 1.29 is 0 Å². The summed E-state index contributed by atoms with van der Waals surface area (Å²) in [6.45, 7) is 4.08. The first-order chi connectivity index (χ1) is 8.43. The van der Waals surface area contributed by atoms with Crippen LogP contribution in [0.3, 0.4) is 0 Å². The molecule has 0 aliphatic carbocycles. The SMILES string of the molecule is CC(C)c1n[nH]c(=S)n1-c1ccc(Br)c(Cl)c1Cl. The standard InChI is InChI=1S/C11H10BrCl2N3S/c1-5(2)10-15-16-11(18)17(10)7-4-3-6(12)8(13)9(7)14/h3-5H,1-2H3,(H,16,18). The van der Waals surface area contributed by atoms with E-state index in [1.807, 2.05) is 26.0 Å². The van der Waals surface area contributed by atoms with Gasteiger partial charge in [-0.15, -0.1) is 0 Å². The molecule has 0 radical (unpaired) electrons. The maximum absolute atomic E-state index is 6.27. The van der Waals surface area contributed by atoms with Gasteiger partial charge in [-0.25, -0.2) is 0 Å². The molecule has 3 nitrogen and oxygen atoms in total. The second-order valence-electron chi connectivity index (χ2n) is 4.07. The molecule has 2 rings (SSSR count). The Hall–Kier alpha value is -0.360. The third-order valence-corrected chi connectivity index (χ3v) is 4.51. The molecule has 0 aliphatic heterocycles. The van der Waals surface area contributed by atoms with E-state index < -0.39 is 0 Å². The Morgan fingerprint density at radius 2 is 2.00 bits per heavy atom. The minimum atomic E-state index is 0.219. The van der Waals surface area contributed by atoms with Crippen molar-refractivity contribution in [3.05, 3.63) is 37.2 Å². The lowest BCUT2D eigenvalue weighted by Gasteiger charge is -2.12. The van der Waals surface area contributed by atoms with E-state index in [0.29, 0.717) is 14.8 Å². The van der Waals surface area contributed by atoms with Gasteiger partial charge in [0.1, 0.15) is 5.82 Å². The molecule has 18 heavy (non-hydrogen) atoms. The van der Waals surface area contributed by atoms with Crippen LogP contribution in [0.2, 0.25) is 10.0 Å². The van der Waals surface area contributed by atoms with E-state index in [-0.39, 0.29) is 5.92 Å². The topological polar surface area (TPSA) is 33.6 Å². The van der Waals surface area contributed by atoms with Crippen molar-refractivity contribution in [1.82, 2.24) is 14.8 Å². The van der Waals surface area contributed by atoms with Gasteiger partial charge < -0.3 is 0 Å². The molecule has 1 heterocycles. The molecule has 0 spiro atoms. The normalized spacial score (nSPS) is 11.2. The summed E-state index contributed by atoms with van der Waals surface area (Å²) in [4.78, 5) is 0. The molecule has 0 bridgehead atoms. The van der Waals surface area contributed by atoms with Crippen LogP contribution in [-0.2, 0) is 0 Å². The lowest BCUT2D eigenvalue weighted by atomic mass is 10.2. The summed E-state index contributed by atoms with van der Waals surface area (Å²) < 4.78 is 3.05. The van der Waals surface area contributed by atoms with Crippen LogP contribution in [0.1, 0.15) is 25.6 Å². The second kappa shape index (κ2) is 5.33. The fourth-order valence-electron chi connectivity index (χ4n) is 1.62. The van der Waals surface area contributed by atoms with Crippen molar-refractivity contribution in [2.75, 3.05) is 0 Å². The van der Waals surface area contributed by atoms with E-state index in [9.17, 15) is 0 Å². The van der Waals surface area contributed by atoms with Gasteiger partial charge in [-0.3, -0.25) is 9.67 Å². The number of aromatic amines is 1. The van der Waals surface area contributed by atoms with Gasteiger partial charge in [0.15, 0.2) is 4.77 Å². The molecule has 0 saturated heterocycles. The lowest BCUT2D eigenvalue weighted by molar-refractivity contribution is 0.744.